The molecule has 6 rings (SSSR count). The van der Waals surface area contributed by atoms with E-state index in [9.17, 15) is 39.0 Å². The molecule has 0 saturated heterocycles. The van der Waals surface area contributed by atoms with Crippen LogP contribution in [0.4, 0.5) is 0 Å². The minimum absolute atomic E-state index is 0. The second-order valence-corrected chi connectivity index (χ2v) is 13.3. The molecule has 51 heavy (non-hydrogen) atoms. The van der Waals surface area contributed by atoms with E-state index in [1.54, 1.807) is 74.9 Å². The summed E-state index contributed by atoms with van der Waals surface area (Å²) in [7, 11) is 3.15. The number of benzene rings is 4. The number of ether oxygens (including phenoxy) is 2. The molecule has 0 aliphatic carbocycles. The van der Waals surface area contributed by atoms with Crippen LogP contribution in [-0.2, 0) is 21.1 Å². The summed E-state index contributed by atoms with van der Waals surface area (Å²) >= 11 is 2.95. The average molecular weight is 751 g/mol. The second-order valence-electron chi connectivity index (χ2n) is 11.3. The van der Waals surface area contributed by atoms with E-state index in [0.29, 0.717) is 56.4 Å². The molecule has 2 aliphatic heterocycles. The number of hydrogen-bond acceptors (Lipinski definition) is 12. The standard InChI is InChI=1S/2C19H16O5S.Ca/c2*1-24-13-3-5-14-12(8-13)10-25-17-9-11(2-4-15(17)19(14)23)16(20)6-7-18(21)22;/h2*2-5,8-9H,6-7,10H2,1H3,(H,21,22);/q;;+2/p-2. The van der Waals surface area contributed by atoms with E-state index in [1.165, 1.54) is 23.5 Å². The molecule has 0 aromatic heterocycles. The van der Waals surface area contributed by atoms with Crippen LogP contribution in [-0.4, -0.2) is 87.0 Å². The molecule has 2 heterocycles. The molecule has 2 aliphatic rings. The third-order valence-electron chi connectivity index (χ3n) is 8.09. The third-order valence-corrected chi connectivity index (χ3v) is 10.3. The Morgan fingerprint density at radius 2 is 0.941 bits per heavy atom. The summed E-state index contributed by atoms with van der Waals surface area (Å²) in [6, 6.07) is 20.5. The summed E-state index contributed by atoms with van der Waals surface area (Å²) in [4.78, 5) is 72.3. The van der Waals surface area contributed by atoms with Crippen molar-refractivity contribution in [1.82, 2.24) is 0 Å². The van der Waals surface area contributed by atoms with Crippen molar-refractivity contribution in [3.63, 3.8) is 0 Å². The van der Waals surface area contributed by atoms with Gasteiger partial charge in [0.25, 0.3) is 0 Å². The zero-order chi connectivity index (χ0) is 35.9. The van der Waals surface area contributed by atoms with Gasteiger partial charge in [-0.1, -0.05) is 12.1 Å². The summed E-state index contributed by atoms with van der Waals surface area (Å²) in [5.74, 6) is -0.685. The Morgan fingerprint density at radius 3 is 1.29 bits per heavy atom. The SMILES string of the molecule is COc1ccc2c(c1)CSc1cc(C(=O)CCC(=O)[O-])ccc1C2=O.COc1ccc2c(c1)CSc1cc(C(=O)CCC(=O)[O-])ccc1C2=O.[Ca+2]. The van der Waals surface area contributed by atoms with Crippen molar-refractivity contribution in [2.75, 3.05) is 14.2 Å². The van der Waals surface area contributed by atoms with E-state index < -0.39 is 11.9 Å². The fourth-order valence-corrected chi connectivity index (χ4v) is 7.56. The monoisotopic (exact) mass is 750 g/mol. The Hall–Kier alpha value is -3.94. The molecule has 0 fully saturated rings. The third kappa shape index (κ3) is 9.69. The van der Waals surface area contributed by atoms with E-state index in [-0.39, 0.29) is 86.6 Å². The van der Waals surface area contributed by atoms with E-state index in [2.05, 4.69) is 0 Å². The molecule has 0 saturated carbocycles. The Kier molecular flexibility index (Phi) is 14.1. The number of carbonyl (C=O) groups excluding carboxylic acids is 6. The number of carboxylic acids is 2. The Bertz CT molecular complexity index is 1900. The van der Waals surface area contributed by atoms with E-state index in [1.807, 2.05) is 12.1 Å². The van der Waals surface area contributed by atoms with Crippen molar-refractivity contribution in [3.8, 4) is 11.5 Å². The number of methoxy groups -OCH3 is 2. The topological polar surface area (TPSA) is 167 Å². The van der Waals surface area contributed by atoms with Crippen molar-refractivity contribution >= 4 is 96.3 Å². The van der Waals surface area contributed by atoms with Crippen LogP contribution in [0.15, 0.2) is 82.6 Å². The van der Waals surface area contributed by atoms with Crippen LogP contribution in [0.5, 0.6) is 11.5 Å². The first kappa shape index (κ1) is 39.8. The number of rotatable bonds is 10. The number of hydrogen-bond donors (Lipinski definition) is 0. The molecule has 10 nitrogen and oxygen atoms in total. The fraction of sp³-hybridized carbons (Fsp3) is 0.211. The molecule has 4 aromatic carbocycles. The van der Waals surface area contributed by atoms with Gasteiger partial charge in [0.15, 0.2) is 23.1 Å². The number of carboxylic acid groups (broad SMARTS) is 2. The predicted molar refractivity (Wildman–Crippen MR) is 188 cm³/mol. The molecular formula is C38H30CaO10S2. The molecule has 0 radical (unpaired) electrons. The van der Waals surface area contributed by atoms with E-state index in [0.717, 1.165) is 20.9 Å². The quantitative estimate of drug-likeness (QED) is 0.168. The van der Waals surface area contributed by atoms with Gasteiger partial charge < -0.3 is 29.3 Å². The van der Waals surface area contributed by atoms with E-state index in [4.69, 9.17) is 9.47 Å². The van der Waals surface area contributed by atoms with Gasteiger partial charge in [0.05, 0.1) is 14.2 Å². The van der Waals surface area contributed by atoms with Crippen LogP contribution in [0.1, 0.15) is 89.4 Å². The van der Waals surface area contributed by atoms with Crippen molar-refractivity contribution in [3.05, 3.63) is 117 Å². The molecule has 256 valence electrons. The smallest absolute Gasteiger partial charge is 0.550 e. The van der Waals surface area contributed by atoms with Gasteiger partial charge in [0, 0.05) is 79.5 Å². The summed E-state index contributed by atoms with van der Waals surface area (Å²) in [6.07, 6.45) is -0.852. The van der Waals surface area contributed by atoms with Crippen LogP contribution in [0.25, 0.3) is 0 Å². The first-order valence-electron chi connectivity index (χ1n) is 15.4. The normalized spacial score (nSPS) is 12.5. The van der Waals surface area contributed by atoms with Gasteiger partial charge in [-0.05, 0) is 84.6 Å². The minimum Gasteiger partial charge on any atom is -0.550 e. The van der Waals surface area contributed by atoms with Crippen molar-refractivity contribution in [1.29, 1.82) is 0 Å². The molecule has 0 unspecified atom stereocenters. The summed E-state index contributed by atoms with van der Waals surface area (Å²) < 4.78 is 10.4. The Morgan fingerprint density at radius 1 is 0.569 bits per heavy atom. The number of Topliss-reactive ketones (excluding diaryl/α,β-unsaturated/α-hetero) is 2. The zero-order valence-corrected chi connectivity index (χ0v) is 31.6. The predicted octanol–water partition coefficient (Wildman–Crippen LogP) is 4.11. The van der Waals surface area contributed by atoms with Crippen molar-refractivity contribution in [2.24, 2.45) is 0 Å². The first-order chi connectivity index (χ1) is 24.0. The fourth-order valence-electron chi connectivity index (χ4n) is 5.40. The van der Waals surface area contributed by atoms with Crippen molar-refractivity contribution in [2.45, 2.75) is 47.0 Å². The van der Waals surface area contributed by atoms with Crippen molar-refractivity contribution < 1.29 is 48.5 Å². The van der Waals surface area contributed by atoms with Gasteiger partial charge in [0.1, 0.15) is 11.5 Å². The summed E-state index contributed by atoms with van der Waals surface area (Å²) in [6.45, 7) is 0. The summed E-state index contributed by atoms with van der Waals surface area (Å²) in [5, 5.41) is 21.0. The summed E-state index contributed by atoms with van der Waals surface area (Å²) in [5.41, 5.74) is 4.93. The largest absolute Gasteiger partial charge is 2.00 e. The first-order valence-corrected chi connectivity index (χ1v) is 17.4. The maximum Gasteiger partial charge on any atom is 2.00 e. The van der Waals surface area contributed by atoms with Gasteiger partial charge in [-0.15, -0.1) is 23.5 Å². The van der Waals surface area contributed by atoms with Gasteiger partial charge in [0.2, 0.25) is 0 Å². The van der Waals surface area contributed by atoms with Crippen LogP contribution in [0.3, 0.4) is 0 Å². The minimum atomic E-state index is -1.25. The number of fused-ring (bicyclic) bond motifs is 4. The second kappa shape index (κ2) is 18.0. The van der Waals surface area contributed by atoms with Gasteiger partial charge in [-0.2, -0.15) is 0 Å². The maximum absolute atomic E-state index is 12.8. The Balaban J connectivity index is 0.000000224. The van der Waals surface area contributed by atoms with Gasteiger partial charge in [-0.3, -0.25) is 19.2 Å². The number of ketones is 4. The van der Waals surface area contributed by atoms with Gasteiger partial charge in [-0.25, -0.2) is 0 Å². The molecular weight excluding hydrogens is 721 g/mol. The van der Waals surface area contributed by atoms with E-state index >= 15 is 0 Å². The van der Waals surface area contributed by atoms with Crippen LogP contribution < -0.4 is 19.7 Å². The van der Waals surface area contributed by atoms with Crippen LogP contribution >= 0.6 is 23.5 Å². The molecule has 0 bridgehead atoms. The molecule has 13 heteroatoms. The molecule has 4 aromatic rings. The number of carbonyl (C=O) groups is 6. The van der Waals surface area contributed by atoms with Crippen LogP contribution in [0, 0.1) is 0 Å². The Labute approximate surface area is 332 Å². The molecule has 0 amide bonds. The average Bonchev–Trinajstić information content (AvgIpc) is 3.35. The number of thioether (sulfide) groups is 2. The molecule has 0 N–H and O–H groups in total. The number of aliphatic carboxylic acids is 2. The van der Waals surface area contributed by atoms with Gasteiger partial charge >= 0.3 is 37.7 Å². The molecule has 0 atom stereocenters. The maximum atomic E-state index is 12.8. The zero-order valence-electron chi connectivity index (χ0n) is 27.8. The van der Waals surface area contributed by atoms with Crippen LogP contribution in [0.2, 0.25) is 0 Å². The molecule has 0 spiro atoms.